The van der Waals surface area contributed by atoms with Crippen molar-refractivity contribution in [1.29, 1.82) is 0 Å². The molecule has 0 aliphatic heterocycles. The van der Waals surface area contributed by atoms with Crippen LogP contribution in [0.15, 0.2) is 24.3 Å². The monoisotopic (exact) mass is 125 g/mol. The van der Waals surface area contributed by atoms with Crippen LogP contribution in [0.5, 0.6) is 0 Å². The molecule has 0 bridgehead atoms. The second-order valence-electron chi connectivity index (χ2n) is 1.90. The topological polar surface area (TPSA) is 43.1 Å². The number of nitro groups is 1. The highest BCUT2D eigenvalue weighted by Crippen LogP contribution is 2.05. The highest BCUT2D eigenvalue weighted by Gasteiger charge is 2.14. The Kier molecular flexibility index (Phi) is 1.63. The largest absolute Gasteiger partial charge is 0.264 e. The van der Waals surface area contributed by atoms with E-state index in [1.165, 1.54) is 0 Å². The lowest BCUT2D eigenvalue weighted by Crippen LogP contribution is -2.16. The smallest absolute Gasteiger partial charge is 0.235 e. The van der Waals surface area contributed by atoms with Gasteiger partial charge in [-0.2, -0.15) is 0 Å². The number of hydrogen-bond acceptors (Lipinski definition) is 2. The van der Waals surface area contributed by atoms with E-state index in [2.05, 4.69) is 0 Å². The summed E-state index contributed by atoms with van der Waals surface area (Å²) in [6, 6.07) is -0.491. The highest BCUT2D eigenvalue weighted by atomic mass is 16.6. The van der Waals surface area contributed by atoms with Crippen LogP contribution in [0.3, 0.4) is 0 Å². The van der Waals surface area contributed by atoms with E-state index in [9.17, 15) is 10.1 Å². The van der Waals surface area contributed by atoms with Crippen molar-refractivity contribution >= 4 is 0 Å². The Morgan fingerprint density at radius 3 is 2.67 bits per heavy atom. The van der Waals surface area contributed by atoms with Gasteiger partial charge in [0.15, 0.2) is 0 Å². The number of allylic oxidation sites excluding steroid dienone is 2. The maximum Gasteiger partial charge on any atom is 0.235 e. The molecule has 0 saturated heterocycles. The van der Waals surface area contributed by atoms with Crippen molar-refractivity contribution in [3.63, 3.8) is 0 Å². The molecule has 1 unspecified atom stereocenters. The van der Waals surface area contributed by atoms with Crippen molar-refractivity contribution in [3.8, 4) is 0 Å². The summed E-state index contributed by atoms with van der Waals surface area (Å²) < 4.78 is 0. The number of hydrogen-bond donors (Lipinski definition) is 0. The molecule has 1 rings (SSSR count). The van der Waals surface area contributed by atoms with Crippen molar-refractivity contribution in [1.82, 2.24) is 0 Å². The summed E-state index contributed by atoms with van der Waals surface area (Å²) >= 11 is 0. The van der Waals surface area contributed by atoms with Crippen molar-refractivity contribution in [2.75, 3.05) is 0 Å². The van der Waals surface area contributed by atoms with Crippen LogP contribution in [0.1, 0.15) is 6.42 Å². The van der Waals surface area contributed by atoms with Gasteiger partial charge in [-0.15, -0.1) is 0 Å². The molecule has 3 heteroatoms. The molecule has 0 aromatic heterocycles. The fraction of sp³-hybridized carbons (Fsp3) is 0.333. The standard InChI is InChI=1S/C6H7NO2/c8-7(9)6-4-2-1-3-5-6/h1-4,6H,5H2. The van der Waals surface area contributed by atoms with Crippen molar-refractivity contribution in [2.24, 2.45) is 0 Å². The lowest BCUT2D eigenvalue weighted by atomic mass is 10.1. The Balaban J connectivity index is 2.56. The Labute approximate surface area is 52.8 Å². The minimum atomic E-state index is -0.491. The van der Waals surface area contributed by atoms with E-state index in [1.54, 1.807) is 18.2 Å². The summed E-state index contributed by atoms with van der Waals surface area (Å²) in [4.78, 5) is 9.80. The van der Waals surface area contributed by atoms with E-state index < -0.39 is 6.04 Å². The highest BCUT2D eigenvalue weighted by molar-refractivity contribution is 5.11. The molecule has 0 amide bonds. The SMILES string of the molecule is O=[N+]([O-])C1C=CC=CC1. The Bertz CT molecular complexity index is 172. The summed E-state index contributed by atoms with van der Waals surface area (Å²) in [6.45, 7) is 0. The van der Waals surface area contributed by atoms with Crippen LogP contribution < -0.4 is 0 Å². The van der Waals surface area contributed by atoms with Gasteiger partial charge in [0.05, 0.1) is 0 Å². The third-order valence-corrected chi connectivity index (χ3v) is 1.23. The van der Waals surface area contributed by atoms with Gasteiger partial charge in [-0.25, -0.2) is 0 Å². The zero-order valence-corrected chi connectivity index (χ0v) is 4.86. The normalized spacial score (nSPS) is 24.2. The van der Waals surface area contributed by atoms with E-state index in [-0.39, 0.29) is 4.92 Å². The third-order valence-electron chi connectivity index (χ3n) is 1.23. The molecule has 9 heavy (non-hydrogen) atoms. The predicted octanol–water partition coefficient (Wildman–Crippen LogP) is 1.15. The molecule has 0 aromatic carbocycles. The van der Waals surface area contributed by atoms with Crippen LogP contribution in [0.25, 0.3) is 0 Å². The maximum absolute atomic E-state index is 10.1. The zero-order chi connectivity index (χ0) is 6.69. The minimum absolute atomic E-state index is 0.278. The number of rotatable bonds is 1. The quantitative estimate of drug-likeness (QED) is 0.389. The third kappa shape index (κ3) is 1.38. The molecular formula is C6H7NO2. The van der Waals surface area contributed by atoms with Crippen molar-refractivity contribution in [2.45, 2.75) is 12.5 Å². The fourth-order valence-corrected chi connectivity index (χ4v) is 0.724. The molecule has 1 aliphatic carbocycles. The Morgan fingerprint density at radius 2 is 2.33 bits per heavy atom. The summed E-state index contributed by atoms with van der Waals surface area (Å²) in [5.41, 5.74) is 0. The van der Waals surface area contributed by atoms with Crippen LogP contribution in [0.2, 0.25) is 0 Å². The summed E-state index contributed by atoms with van der Waals surface area (Å²) in [6.07, 6.45) is 7.45. The van der Waals surface area contributed by atoms with E-state index >= 15 is 0 Å². The predicted molar refractivity (Wildman–Crippen MR) is 33.7 cm³/mol. The van der Waals surface area contributed by atoms with Gasteiger partial charge in [0.25, 0.3) is 0 Å². The van der Waals surface area contributed by atoms with Gasteiger partial charge >= 0.3 is 0 Å². The van der Waals surface area contributed by atoms with Crippen LogP contribution in [-0.2, 0) is 0 Å². The van der Waals surface area contributed by atoms with Crippen molar-refractivity contribution < 1.29 is 4.92 Å². The first-order chi connectivity index (χ1) is 4.30. The van der Waals surface area contributed by atoms with Crippen molar-refractivity contribution in [3.05, 3.63) is 34.4 Å². The molecule has 1 aliphatic rings. The molecule has 0 fully saturated rings. The van der Waals surface area contributed by atoms with Gasteiger partial charge in [0.1, 0.15) is 0 Å². The van der Waals surface area contributed by atoms with E-state index in [4.69, 9.17) is 0 Å². The molecule has 0 heterocycles. The van der Waals surface area contributed by atoms with Crippen LogP contribution >= 0.6 is 0 Å². The first kappa shape index (κ1) is 6.01. The van der Waals surface area contributed by atoms with Gasteiger partial charge < -0.3 is 0 Å². The first-order valence-corrected chi connectivity index (χ1v) is 2.77. The Hall–Kier alpha value is -1.12. The van der Waals surface area contributed by atoms with Gasteiger partial charge in [-0.3, -0.25) is 10.1 Å². The molecule has 1 atom stereocenters. The van der Waals surface area contributed by atoms with E-state index in [0.717, 1.165) is 0 Å². The van der Waals surface area contributed by atoms with Crippen LogP contribution in [-0.4, -0.2) is 11.0 Å². The average molecular weight is 125 g/mol. The van der Waals surface area contributed by atoms with E-state index in [0.29, 0.717) is 6.42 Å². The second-order valence-corrected chi connectivity index (χ2v) is 1.90. The molecule has 3 nitrogen and oxygen atoms in total. The van der Waals surface area contributed by atoms with Crippen LogP contribution in [0, 0.1) is 10.1 Å². The second kappa shape index (κ2) is 2.44. The molecule has 0 radical (unpaired) electrons. The maximum atomic E-state index is 10.1. The lowest BCUT2D eigenvalue weighted by molar-refractivity contribution is -0.508. The Morgan fingerprint density at radius 1 is 1.56 bits per heavy atom. The zero-order valence-electron chi connectivity index (χ0n) is 4.86. The fourth-order valence-electron chi connectivity index (χ4n) is 0.724. The molecule has 0 N–H and O–H groups in total. The minimum Gasteiger partial charge on any atom is -0.264 e. The van der Waals surface area contributed by atoms with Gasteiger partial charge in [0, 0.05) is 11.3 Å². The van der Waals surface area contributed by atoms with Gasteiger partial charge in [-0.05, 0) is 6.08 Å². The van der Waals surface area contributed by atoms with Gasteiger partial charge in [0.2, 0.25) is 6.04 Å². The molecular weight excluding hydrogens is 118 g/mol. The average Bonchev–Trinajstić information content (AvgIpc) is 1.90. The van der Waals surface area contributed by atoms with E-state index in [1.807, 2.05) is 6.08 Å². The molecule has 48 valence electrons. The summed E-state index contributed by atoms with van der Waals surface area (Å²) in [5, 5.41) is 10.1. The van der Waals surface area contributed by atoms with Crippen LogP contribution in [0.4, 0.5) is 0 Å². The summed E-state index contributed by atoms with van der Waals surface area (Å²) in [7, 11) is 0. The molecule has 0 saturated carbocycles. The number of nitrogens with zero attached hydrogens (tertiary/aromatic N) is 1. The van der Waals surface area contributed by atoms with Gasteiger partial charge in [-0.1, -0.05) is 18.2 Å². The summed E-state index contributed by atoms with van der Waals surface area (Å²) in [5.74, 6) is 0. The lowest BCUT2D eigenvalue weighted by Gasteiger charge is -2.02. The first-order valence-electron chi connectivity index (χ1n) is 2.77. The molecule has 0 aromatic rings. The molecule has 0 spiro atoms.